The first-order chi connectivity index (χ1) is 9.29. The summed E-state index contributed by atoms with van der Waals surface area (Å²) in [7, 11) is 0. The topological polar surface area (TPSA) is 89.6 Å². The fourth-order valence-corrected chi connectivity index (χ4v) is 1.56. The molecule has 0 atom stereocenters. The molecule has 0 aromatic carbocycles. The van der Waals surface area contributed by atoms with Crippen LogP contribution in [0.1, 0.15) is 12.8 Å². The highest BCUT2D eigenvalue weighted by Crippen LogP contribution is 2.30. The molecule has 0 saturated heterocycles. The fraction of sp³-hybridized carbons (Fsp3) is 0.615. The number of nitrogens with two attached hydrogens (primary N) is 1. The summed E-state index contributed by atoms with van der Waals surface area (Å²) in [5.74, 6) is 1.88. The largest absolute Gasteiger partial charge is 0.476 e. The van der Waals surface area contributed by atoms with Crippen molar-refractivity contribution in [2.45, 2.75) is 12.8 Å². The van der Waals surface area contributed by atoms with E-state index in [0.717, 1.165) is 0 Å². The molecule has 4 N–H and O–H groups in total. The molecule has 19 heavy (non-hydrogen) atoms. The van der Waals surface area contributed by atoms with Gasteiger partial charge in [-0.1, -0.05) is 0 Å². The van der Waals surface area contributed by atoms with E-state index < -0.39 is 0 Å². The van der Waals surface area contributed by atoms with Gasteiger partial charge in [0, 0.05) is 6.54 Å². The normalized spacial score (nSPS) is 14.4. The van der Waals surface area contributed by atoms with Gasteiger partial charge in [-0.2, -0.15) is 4.98 Å². The number of aliphatic hydroxyl groups is 1. The molecule has 1 saturated carbocycles. The molecule has 1 aliphatic rings. The number of aliphatic hydroxyl groups excluding tert-OH is 1. The van der Waals surface area contributed by atoms with E-state index in [1.54, 1.807) is 6.07 Å². The average molecular weight is 267 g/mol. The SMILES string of the molecule is Nc1ccc(NCCOCCO)nc1OCC1CC1. The van der Waals surface area contributed by atoms with Gasteiger partial charge in [-0.25, -0.2) is 0 Å². The predicted molar refractivity (Wildman–Crippen MR) is 73.3 cm³/mol. The maximum absolute atomic E-state index is 8.57. The van der Waals surface area contributed by atoms with Crippen molar-refractivity contribution < 1.29 is 14.6 Å². The summed E-state index contributed by atoms with van der Waals surface area (Å²) in [5, 5.41) is 11.7. The number of aromatic nitrogens is 1. The Morgan fingerprint density at radius 1 is 1.37 bits per heavy atom. The maximum atomic E-state index is 8.57. The zero-order chi connectivity index (χ0) is 13.5. The third-order valence-electron chi connectivity index (χ3n) is 2.83. The Hall–Kier alpha value is -1.53. The fourth-order valence-electron chi connectivity index (χ4n) is 1.56. The summed E-state index contributed by atoms with van der Waals surface area (Å²) in [4.78, 5) is 4.33. The predicted octanol–water partition coefficient (Wildman–Crippen LogP) is 0.873. The minimum absolute atomic E-state index is 0.0409. The quantitative estimate of drug-likeness (QED) is 0.575. The van der Waals surface area contributed by atoms with Crippen LogP contribution in [0.2, 0.25) is 0 Å². The number of nitrogen functional groups attached to an aromatic ring is 1. The van der Waals surface area contributed by atoms with Gasteiger partial charge in [-0.15, -0.1) is 0 Å². The van der Waals surface area contributed by atoms with E-state index in [2.05, 4.69) is 10.3 Å². The lowest BCUT2D eigenvalue weighted by Crippen LogP contribution is -2.13. The van der Waals surface area contributed by atoms with Crippen LogP contribution in [0.3, 0.4) is 0 Å². The molecule has 6 heteroatoms. The van der Waals surface area contributed by atoms with Gasteiger partial charge in [0.1, 0.15) is 5.82 Å². The Morgan fingerprint density at radius 2 is 2.21 bits per heavy atom. The summed E-state index contributed by atoms with van der Waals surface area (Å²) < 4.78 is 10.8. The number of hydrogen-bond acceptors (Lipinski definition) is 6. The van der Waals surface area contributed by atoms with Crippen LogP contribution in [0.25, 0.3) is 0 Å². The van der Waals surface area contributed by atoms with Crippen molar-refractivity contribution in [2.75, 3.05) is 44.0 Å². The third kappa shape index (κ3) is 4.92. The van der Waals surface area contributed by atoms with Crippen LogP contribution in [0.5, 0.6) is 5.88 Å². The monoisotopic (exact) mass is 267 g/mol. The molecule has 106 valence electrons. The van der Waals surface area contributed by atoms with E-state index in [1.807, 2.05) is 6.07 Å². The summed E-state index contributed by atoms with van der Waals surface area (Å²) in [6.45, 7) is 2.23. The first-order valence-electron chi connectivity index (χ1n) is 6.61. The van der Waals surface area contributed by atoms with Gasteiger partial charge in [-0.3, -0.25) is 0 Å². The number of anilines is 2. The van der Waals surface area contributed by atoms with Crippen molar-refractivity contribution in [1.82, 2.24) is 4.98 Å². The molecule has 0 bridgehead atoms. The molecule has 1 aromatic heterocycles. The van der Waals surface area contributed by atoms with Crippen molar-refractivity contribution in [3.8, 4) is 5.88 Å². The average Bonchev–Trinajstić information content (AvgIpc) is 3.23. The van der Waals surface area contributed by atoms with E-state index in [4.69, 9.17) is 20.3 Å². The summed E-state index contributed by atoms with van der Waals surface area (Å²) in [6, 6.07) is 3.59. The van der Waals surface area contributed by atoms with Crippen molar-refractivity contribution >= 4 is 11.5 Å². The maximum Gasteiger partial charge on any atom is 0.239 e. The molecule has 1 fully saturated rings. The van der Waals surface area contributed by atoms with E-state index in [1.165, 1.54) is 12.8 Å². The zero-order valence-electron chi connectivity index (χ0n) is 11.0. The van der Waals surface area contributed by atoms with Crippen molar-refractivity contribution in [3.05, 3.63) is 12.1 Å². The molecule has 0 spiro atoms. The lowest BCUT2D eigenvalue weighted by atomic mass is 10.4. The van der Waals surface area contributed by atoms with Crippen LogP contribution in [0.4, 0.5) is 11.5 Å². The van der Waals surface area contributed by atoms with Crippen LogP contribution in [0.15, 0.2) is 12.1 Å². The number of hydrogen-bond donors (Lipinski definition) is 3. The van der Waals surface area contributed by atoms with Gasteiger partial charge in [0.05, 0.1) is 32.1 Å². The minimum Gasteiger partial charge on any atom is -0.476 e. The molecular weight excluding hydrogens is 246 g/mol. The molecule has 0 radical (unpaired) electrons. The second-order valence-corrected chi connectivity index (χ2v) is 4.61. The Kier molecular flexibility index (Phi) is 5.23. The highest BCUT2D eigenvalue weighted by molar-refractivity contribution is 5.53. The second kappa shape index (κ2) is 7.16. The molecule has 1 aromatic rings. The van der Waals surface area contributed by atoms with E-state index >= 15 is 0 Å². The molecular formula is C13H21N3O3. The van der Waals surface area contributed by atoms with Gasteiger partial charge >= 0.3 is 0 Å². The Labute approximate surface area is 112 Å². The minimum atomic E-state index is 0.0409. The van der Waals surface area contributed by atoms with Crippen molar-refractivity contribution in [1.29, 1.82) is 0 Å². The highest BCUT2D eigenvalue weighted by Gasteiger charge is 2.22. The van der Waals surface area contributed by atoms with Crippen LogP contribution in [-0.4, -0.2) is 43.1 Å². The van der Waals surface area contributed by atoms with E-state index in [-0.39, 0.29) is 6.61 Å². The third-order valence-corrected chi connectivity index (χ3v) is 2.83. The Balaban J connectivity index is 1.77. The molecule has 0 amide bonds. The van der Waals surface area contributed by atoms with Crippen LogP contribution in [0, 0.1) is 5.92 Å². The van der Waals surface area contributed by atoms with Crippen LogP contribution < -0.4 is 15.8 Å². The van der Waals surface area contributed by atoms with Gasteiger partial charge in [0.2, 0.25) is 5.88 Å². The van der Waals surface area contributed by atoms with Crippen LogP contribution in [-0.2, 0) is 4.74 Å². The number of pyridine rings is 1. The molecule has 2 rings (SSSR count). The summed E-state index contributed by atoms with van der Waals surface area (Å²) >= 11 is 0. The lowest BCUT2D eigenvalue weighted by molar-refractivity contribution is 0.0992. The highest BCUT2D eigenvalue weighted by atomic mass is 16.5. The van der Waals surface area contributed by atoms with Gasteiger partial charge in [0.25, 0.3) is 0 Å². The van der Waals surface area contributed by atoms with Crippen LogP contribution >= 0.6 is 0 Å². The standard InChI is InChI=1S/C13H21N3O3/c14-11-3-4-12(15-5-7-18-8-6-17)16-13(11)19-9-10-1-2-10/h3-4,10,17H,1-2,5-9,14H2,(H,15,16). The first-order valence-corrected chi connectivity index (χ1v) is 6.61. The smallest absolute Gasteiger partial charge is 0.239 e. The number of nitrogens with zero attached hydrogens (tertiary/aromatic N) is 1. The Bertz CT molecular complexity index is 397. The van der Waals surface area contributed by atoms with Gasteiger partial charge < -0.3 is 25.6 Å². The first kappa shape index (κ1) is 13.9. The van der Waals surface area contributed by atoms with Crippen molar-refractivity contribution in [3.63, 3.8) is 0 Å². The number of ether oxygens (including phenoxy) is 2. The number of rotatable bonds is 9. The van der Waals surface area contributed by atoms with E-state index in [0.29, 0.717) is 49.7 Å². The van der Waals surface area contributed by atoms with Crippen molar-refractivity contribution in [2.24, 2.45) is 5.92 Å². The molecule has 0 aliphatic heterocycles. The molecule has 1 heterocycles. The summed E-state index contributed by atoms with van der Waals surface area (Å²) in [6.07, 6.45) is 2.47. The van der Waals surface area contributed by atoms with Gasteiger partial charge in [0.15, 0.2) is 0 Å². The number of nitrogens with one attached hydrogen (secondary N) is 1. The van der Waals surface area contributed by atoms with E-state index in [9.17, 15) is 0 Å². The van der Waals surface area contributed by atoms with Gasteiger partial charge in [-0.05, 0) is 30.9 Å². The molecule has 0 unspecified atom stereocenters. The molecule has 1 aliphatic carbocycles. The zero-order valence-corrected chi connectivity index (χ0v) is 11.0. The summed E-state index contributed by atoms with van der Waals surface area (Å²) in [5.41, 5.74) is 6.38. The Morgan fingerprint density at radius 3 is 2.95 bits per heavy atom. The lowest BCUT2D eigenvalue weighted by Gasteiger charge is -2.10. The second-order valence-electron chi connectivity index (χ2n) is 4.61. The molecule has 6 nitrogen and oxygen atoms in total.